The number of hydrogen-bond acceptors (Lipinski definition) is 5. The Bertz CT molecular complexity index is 1070. The van der Waals surface area contributed by atoms with Crippen molar-refractivity contribution in [2.45, 2.75) is 17.3 Å². The molecule has 1 aromatic heterocycles. The van der Waals surface area contributed by atoms with Crippen LogP contribution in [0.3, 0.4) is 0 Å². The number of H-pyrrole nitrogens is 1. The van der Waals surface area contributed by atoms with E-state index < -0.39 is 28.5 Å². The van der Waals surface area contributed by atoms with E-state index in [2.05, 4.69) is 15.3 Å². The molecule has 0 aliphatic rings. The van der Waals surface area contributed by atoms with Gasteiger partial charge in [-0.1, -0.05) is 17.8 Å². The smallest absolute Gasteiger partial charge is 0.252 e. The zero-order chi connectivity index (χ0) is 21.0. The average Bonchev–Trinajstić information content (AvgIpc) is 2.70. The summed E-state index contributed by atoms with van der Waals surface area (Å²) in [4.78, 5) is 31.3. The summed E-state index contributed by atoms with van der Waals surface area (Å²) < 4.78 is 32.5. The summed E-state index contributed by atoms with van der Waals surface area (Å²) in [6.45, 7) is 1.54. The van der Waals surface area contributed by atoms with Gasteiger partial charge in [-0.2, -0.15) is 0 Å². The molecule has 0 fully saturated rings. The van der Waals surface area contributed by atoms with Crippen molar-refractivity contribution < 1.29 is 18.3 Å². The highest BCUT2D eigenvalue weighted by Crippen LogP contribution is 2.25. The Morgan fingerprint density at radius 2 is 1.83 bits per heavy atom. The van der Waals surface area contributed by atoms with Gasteiger partial charge in [0.1, 0.15) is 23.1 Å². The van der Waals surface area contributed by atoms with Crippen LogP contribution >= 0.6 is 11.8 Å². The Balaban J connectivity index is 1.77. The van der Waals surface area contributed by atoms with Crippen LogP contribution in [0, 0.1) is 11.6 Å². The molecule has 1 atom stereocenters. The van der Waals surface area contributed by atoms with Gasteiger partial charge < -0.3 is 15.0 Å². The second-order valence-corrected chi connectivity index (χ2v) is 7.34. The number of carbonyl (C=O) groups is 1. The van der Waals surface area contributed by atoms with Gasteiger partial charge in [-0.05, 0) is 43.3 Å². The summed E-state index contributed by atoms with van der Waals surface area (Å²) in [5.41, 5.74) is 0.218. The molecule has 3 rings (SSSR count). The minimum absolute atomic E-state index is 0.208. The van der Waals surface area contributed by atoms with E-state index in [-0.39, 0.29) is 10.7 Å². The number of aromatic nitrogens is 2. The fourth-order valence-electron chi connectivity index (χ4n) is 2.46. The number of rotatable bonds is 6. The number of nitrogens with zero attached hydrogens (tertiary/aromatic N) is 1. The quantitative estimate of drug-likeness (QED) is 0.470. The van der Waals surface area contributed by atoms with E-state index in [0.717, 1.165) is 23.9 Å². The van der Waals surface area contributed by atoms with Crippen LogP contribution < -0.4 is 15.6 Å². The molecule has 0 aliphatic carbocycles. The monoisotopic (exact) mass is 417 g/mol. The Morgan fingerprint density at radius 1 is 1.17 bits per heavy atom. The average molecular weight is 417 g/mol. The van der Waals surface area contributed by atoms with Crippen LogP contribution in [-0.4, -0.2) is 28.2 Å². The second kappa shape index (κ2) is 8.87. The van der Waals surface area contributed by atoms with Crippen LogP contribution in [0.15, 0.2) is 58.5 Å². The lowest BCUT2D eigenvalue weighted by molar-refractivity contribution is -0.115. The molecule has 6 nitrogen and oxygen atoms in total. The maximum atomic E-state index is 13.7. The van der Waals surface area contributed by atoms with E-state index in [0.29, 0.717) is 17.0 Å². The number of anilines is 1. The van der Waals surface area contributed by atoms with Crippen LogP contribution in [0.25, 0.3) is 11.3 Å². The molecule has 1 unspecified atom stereocenters. The first-order valence-electron chi connectivity index (χ1n) is 8.54. The molecule has 9 heteroatoms. The maximum Gasteiger partial charge on any atom is 0.252 e. The normalized spacial score (nSPS) is 11.7. The number of hydrogen-bond donors (Lipinski definition) is 2. The molecule has 0 bridgehead atoms. The highest BCUT2D eigenvalue weighted by molar-refractivity contribution is 8.00. The van der Waals surface area contributed by atoms with Crippen molar-refractivity contribution in [1.82, 2.24) is 9.97 Å². The van der Waals surface area contributed by atoms with Crippen molar-refractivity contribution in [3.8, 4) is 17.0 Å². The van der Waals surface area contributed by atoms with Gasteiger partial charge in [0, 0.05) is 11.6 Å². The third-order valence-corrected chi connectivity index (χ3v) is 4.96. The van der Waals surface area contributed by atoms with Crippen LogP contribution in [0.1, 0.15) is 6.92 Å². The third-order valence-electron chi connectivity index (χ3n) is 3.97. The number of amides is 1. The minimum atomic E-state index is -0.872. The second-order valence-electron chi connectivity index (χ2n) is 6.01. The number of para-hydroxylation sites is 1. The number of thioether (sulfide) groups is 1. The van der Waals surface area contributed by atoms with Crippen LogP contribution in [0.5, 0.6) is 5.75 Å². The van der Waals surface area contributed by atoms with Gasteiger partial charge in [-0.3, -0.25) is 9.59 Å². The van der Waals surface area contributed by atoms with Gasteiger partial charge in [0.15, 0.2) is 5.16 Å². The molecule has 0 aliphatic heterocycles. The van der Waals surface area contributed by atoms with E-state index in [1.165, 1.54) is 12.1 Å². The van der Waals surface area contributed by atoms with Crippen molar-refractivity contribution in [3.05, 3.63) is 70.5 Å². The van der Waals surface area contributed by atoms with E-state index in [4.69, 9.17) is 4.74 Å². The fraction of sp³-hybridized carbons (Fsp3) is 0.150. The molecule has 1 heterocycles. The molecular weight excluding hydrogens is 400 g/mol. The van der Waals surface area contributed by atoms with Gasteiger partial charge in [-0.15, -0.1) is 0 Å². The van der Waals surface area contributed by atoms with Crippen LogP contribution in [0.2, 0.25) is 0 Å². The number of methoxy groups -OCH3 is 1. The SMILES string of the molecule is COc1ccc(-c2cc(=O)[nH]c(SC(C)C(=O)Nc3c(F)cccc3F)n2)cc1. The van der Waals surface area contributed by atoms with Crippen molar-refractivity contribution >= 4 is 23.4 Å². The summed E-state index contributed by atoms with van der Waals surface area (Å²) in [5.74, 6) is -1.71. The lowest BCUT2D eigenvalue weighted by Gasteiger charge is -2.13. The summed E-state index contributed by atoms with van der Waals surface area (Å²) in [5, 5.41) is 1.66. The van der Waals surface area contributed by atoms with Gasteiger partial charge in [0.25, 0.3) is 5.56 Å². The van der Waals surface area contributed by atoms with Gasteiger partial charge in [0.05, 0.1) is 18.1 Å². The molecule has 0 saturated heterocycles. The first-order chi connectivity index (χ1) is 13.9. The van der Waals surface area contributed by atoms with Crippen molar-refractivity contribution in [3.63, 3.8) is 0 Å². The van der Waals surface area contributed by atoms with E-state index in [9.17, 15) is 18.4 Å². The van der Waals surface area contributed by atoms with Crippen molar-refractivity contribution in [1.29, 1.82) is 0 Å². The Hall–Kier alpha value is -3.20. The Kier molecular flexibility index (Phi) is 6.28. The van der Waals surface area contributed by atoms with E-state index >= 15 is 0 Å². The number of benzene rings is 2. The zero-order valence-corrected chi connectivity index (χ0v) is 16.3. The molecule has 2 N–H and O–H groups in total. The zero-order valence-electron chi connectivity index (χ0n) is 15.5. The molecule has 0 radical (unpaired) electrons. The maximum absolute atomic E-state index is 13.7. The number of nitrogens with one attached hydrogen (secondary N) is 2. The summed E-state index contributed by atoms with van der Waals surface area (Å²) >= 11 is 0.965. The predicted molar refractivity (Wildman–Crippen MR) is 107 cm³/mol. The van der Waals surface area contributed by atoms with E-state index in [1.807, 2.05) is 0 Å². The van der Waals surface area contributed by atoms with Crippen LogP contribution in [-0.2, 0) is 4.79 Å². The van der Waals surface area contributed by atoms with Gasteiger partial charge in [0.2, 0.25) is 5.91 Å². The molecule has 3 aromatic rings. The third kappa shape index (κ3) is 5.00. The highest BCUT2D eigenvalue weighted by atomic mass is 32.2. The Labute approximate surface area is 169 Å². The molecule has 0 spiro atoms. The topological polar surface area (TPSA) is 84.1 Å². The lowest BCUT2D eigenvalue weighted by atomic mass is 10.1. The highest BCUT2D eigenvalue weighted by Gasteiger charge is 2.19. The summed E-state index contributed by atoms with van der Waals surface area (Å²) in [7, 11) is 1.55. The minimum Gasteiger partial charge on any atom is -0.497 e. The molecule has 2 aromatic carbocycles. The first-order valence-corrected chi connectivity index (χ1v) is 9.42. The van der Waals surface area contributed by atoms with E-state index in [1.54, 1.807) is 38.3 Å². The number of carbonyl (C=O) groups excluding carboxylic acids is 1. The van der Waals surface area contributed by atoms with Crippen molar-refractivity contribution in [2.75, 3.05) is 12.4 Å². The fourth-order valence-corrected chi connectivity index (χ4v) is 3.28. The van der Waals surface area contributed by atoms with Gasteiger partial charge in [-0.25, -0.2) is 13.8 Å². The predicted octanol–water partition coefficient (Wildman–Crippen LogP) is 3.84. The Morgan fingerprint density at radius 3 is 2.45 bits per heavy atom. The van der Waals surface area contributed by atoms with Gasteiger partial charge >= 0.3 is 0 Å². The first kappa shape index (κ1) is 20.5. The molecular formula is C20H17F2N3O3S. The molecule has 1 amide bonds. The number of ether oxygens (including phenoxy) is 1. The lowest BCUT2D eigenvalue weighted by Crippen LogP contribution is -2.24. The number of aromatic amines is 1. The number of halogens is 2. The van der Waals surface area contributed by atoms with Crippen LogP contribution in [0.4, 0.5) is 14.5 Å². The molecule has 29 heavy (non-hydrogen) atoms. The summed E-state index contributed by atoms with van der Waals surface area (Å²) in [6, 6.07) is 11.6. The molecule has 0 saturated carbocycles. The van der Waals surface area contributed by atoms with Crippen molar-refractivity contribution in [2.24, 2.45) is 0 Å². The largest absolute Gasteiger partial charge is 0.497 e. The molecule has 150 valence electrons. The standard InChI is InChI=1S/C20H17F2N3O3S/c1-11(19(27)25-18-14(21)4-3-5-15(18)22)29-20-23-16(10-17(26)24-20)12-6-8-13(28-2)9-7-12/h3-11H,1-2H3,(H,25,27)(H,23,24,26). The summed E-state index contributed by atoms with van der Waals surface area (Å²) in [6.07, 6.45) is 0.